The zero-order chi connectivity index (χ0) is 22.1. The zero-order valence-corrected chi connectivity index (χ0v) is 17.1. The Hall–Kier alpha value is -3.27. The van der Waals surface area contributed by atoms with Crippen LogP contribution in [0.4, 0.5) is 8.78 Å². The maximum atomic E-state index is 14.5. The van der Waals surface area contributed by atoms with Crippen molar-refractivity contribution in [3.8, 4) is 6.07 Å². The number of hydrogen-bond acceptors (Lipinski definition) is 3. The van der Waals surface area contributed by atoms with Crippen molar-refractivity contribution >= 4 is 11.8 Å². The summed E-state index contributed by atoms with van der Waals surface area (Å²) in [6.45, 7) is 3.43. The number of nitrogens with one attached hydrogen (secondary N) is 1. The number of carbonyl (C=O) groups excluding carboxylic acids is 2. The fourth-order valence-electron chi connectivity index (χ4n) is 4.17. The molecule has 0 aromatic heterocycles. The molecule has 0 radical (unpaired) electrons. The van der Waals surface area contributed by atoms with E-state index in [0.717, 1.165) is 5.56 Å². The van der Waals surface area contributed by atoms with E-state index in [4.69, 9.17) is 0 Å². The molecule has 3 rings (SSSR count). The van der Waals surface area contributed by atoms with Crippen molar-refractivity contribution in [3.63, 3.8) is 0 Å². The average molecular weight is 411 g/mol. The average Bonchev–Trinajstić information content (AvgIpc) is 2.74. The van der Waals surface area contributed by atoms with Crippen LogP contribution in [0.15, 0.2) is 42.5 Å². The summed E-state index contributed by atoms with van der Waals surface area (Å²) in [7, 11) is 1.56. The number of halogens is 2. The first-order valence-corrected chi connectivity index (χ1v) is 9.76. The predicted octanol–water partition coefficient (Wildman–Crippen LogP) is 3.29. The lowest BCUT2D eigenvalue weighted by atomic mass is 9.80. The number of hydrogen-bond donors (Lipinski definition) is 1. The summed E-state index contributed by atoms with van der Waals surface area (Å²) in [5, 5.41) is 12.1. The van der Waals surface area contributed by atoms with Crippen molar-refractivity contribution in [1.29, 1.82) is 5.26 Å². The van der Waals surface area contributed by atoms with E-state index in [9.17, 15) is 23.6 Å². The van der Waals surface area contributed by atoms with E-state index in [2.05, 4.69) is 5.32 Å². The van der Waals surface area contributed by atoms with E-state index in [1.807, 2.05) is 6.07 Å². The fourth-order valence-corrected chi connectivity index (χ4v) is 4.17. The van der Waals surface area contributed by atoms with Crippen molar-refractivity contribution in [2.75, 3.05) is 7.05 Å². The summed E-state index contributed by atoms with van der Waals surface area (Å²) in [5.74, 6) is -2.43. The first-order chi connectivity index (χ1) is 14.2. The molecule has 1 aliphatic rings. The van der Waals surface area contributed by atoms with Crippen LogP contribution in [-0.2, 0) is 16.0 Å². The Morgan fingerprint density at radius 3 is 2.47 bits per heavy atom. The number of nitrogens with zero attached hydrogens (tertiary/aromatic N) is 2. The molecule has 30 heavy (non-hydrogen) atoms. The van der Waals surface area contributed by atoms with Crippen LogP contribution in [0.25, 0.3) is 0 Å². The number of amides is 2. The van der Waals surface area contributed by atoms with Gasteiger partial charge in [0.05, 0.1) is 11.6 Å². The Balaban J connectivity index is 1.94. The summed E-state index contributed by atoms with van der Waals surface area (Å²) >= 11 is 0. The summed E-state index contributed by atoms with van der Waals surface area (Å²) in [4.78, 5) is 27.9. The third-order valence-electron chi connectivity index (χ3n) is 6.07. The molecule has 1 saturated heterocycles. The van der Waals surface area contributed by atoms with Crippen molar-refractivity contribution in [1.82, 2.24) is 10.2 Å². The van der Waals surface area contributed by atoms with Gasteiger partial charge in [0.2, 0.25) is 11.8 Å². The van der Waals surface area contributed by atoms with E-state index in [1.54, 1.807) is 33.0 Å². The highest BCUT2D eigenvalue weighted by Crippen LogP contribution is 2.34. The normalized spacial score (nSPS) is 22.4. The van der Waals surface area contributed by atoms with E-state index in [-0.39, 0.29) is 35.2 Å². The van der Waals surface area contributed by atoms with Gasteiger partial charge in [0, 0.05) is 24.9 Å². The molecule has 5 nitrogen and oxygen atoms in total. The molecular formula is C23H23F2N3O2. The molecule has 7 heteroatoms. The minimum absolute atomic E-state index is 0.106. The van der Waals surface area contributed by atoms with Gasteiger partial charge in [-0.25, -0.2) is 8.78 Å². The van der Waals surface area contributed by atoms with Crippen molar-refractivity contribution in [2.45, 2.75) is 44.2 Å². The molecule has 3 unspecified atom stereocenters. The third kappa shape index (κ3) is 3.54. The molecule has 3 atom stereocenters. The minimum atomic E-state index is -1.14. The molecule has 0 saturated carbocycles. The van der Waals surface area contributed by atoms with Crippen LogP contribution in [0, 0.1) is 23.0 Å². The Bertz CT molecular complexity index is 1020. The van der Waals surface area contributed by atoms with Crippen molar-refractivity contribution in [2.24, 2.45) is 0 Å². The second-order valence-electron chi connectivity index (χ2n) is 7.64. The topological polar surface area (TPSA) is 73.2 Å². The second-order valence-corrected chi connectivity index (χ2v) is 7.64. The highest BCUT2D eigenvalue weighted by Gasteiger charge is 2.51. The maximum Gasteiger partial charge on any atom is 0.246 e. The van der Waals surface area contributed by atoms with Gasteiger partial charge in [-0.3, -0.25) is 9.59 Å². The number of likely N-dealkylation sites (N-methyl/N-ethyl adjacent to an activating group) is 1. The molecule has 1 fully saturated rings. The summed E-state index contributed by atoms with van der Waals surface area (Å²) in [6.07, 6.45) is 0.574. The Labute approximate surface area is 174 Å². The quantitative estimate of drug-likeness (QED) is 0.821. The van der Waals surface area contributed by atoms with Gasteiger partial charge >= 0.3 is 0 Å². The predicted molar refractivity (Wildman–Crippen MR) is 107 cm³/mol. The molecule has 2 aromatic rings. The molecule has 2 aromatic carbocycles. The fraction of sp³-hybridized carbons (Fsp3) is 0.348. The smallest absolute Gasteiger partial charge is 0.246 e. The van der Waals surface area contributed by atoms with Gasteiger partial charge in [0.25, 0.3) is 0 Å². The number of benzene rings is 2. The molecular weight excluding hydrogens is 388 g/mol. The minimum Gasteiger partial charge on any atom is -0.342 e. The number of carbonyl (C=O) groups is 2. The van der Waals surface area contributed by atoms with Crippen LogP contribution < -0.4 is 5.32 Å². The SMILES string of the molecule is CCC1(Cc2ccc(F)cc2)C(=O)NC(C(C)c2c(F)cccc2C#N)C(=O)N1C. The molecule has 156 valence electrons. The summed E-state index contributed by atoms with van der Waals surface area (Å²) in [5.41, 5.74) is -0.181. The molecule has 1 aliphatic heterocycles. The summed E-state index contributed by atoms with van der Waals surface area (Å²) < 4.78 is 27.7. The molecule has 2 amide bonds. The lowest BCUT2D eigenvalue weighted by Gasteiger charge is -2.47. The number of nitriles is 1. The molecule has 1 heterocycles. The van der Waals surface area contributed by atoms with Crippen LogP contribution in [0.3, 0.4) is 0 Å². The number of piperazine rings is 1. The highest BCUT2D eigenvalue weighted by atomic mass is 19.1. The van der Waals surface area contributed by atoms with Crippen LogP contribution in [0.1, 0.15) is 42.9 Å². The Morgan fingerprint density at radius 2 is 1.87 bits per heavy atom. The van der Waals surface area contributed by atoms with Gasteiger partial charge in [-0.1, -0.05) is 32.0 Å². The van der Waals surface area contributed by atoms with E-state index >= 15 is 0 Å². The molecule has 1 N–H and O–H groups in total. The molecule has 0 bridgehead atoms. The van der Waals surface area contributed by atoms with Gasteiger partial charge in [0.15, 0.2) is 0 Å². The van der Waals surface area contributed by atoms with Crippen LogP contribution >= 0.6 is 0 Å². The van der Waals surface area contributed by atoms with Gasteiger partial charge in [0.1, 0.15) is 23.2 Å². The Morgan fingerprint density at radius 1 is 1.20 bits per heavy atom. The van der Waals surface area contributed by atoms with Gasteiger partial charge < -0.3 is 10.2 Å². The third-order valence-corrected chi connectivity index (χ3v) is 6.07. The largest absolute Gasteiger partial charge is 0.342 e. The highest BCUT2D eigenvalue weighted by molar-refractivity contribution is 6.00. The number of rotatable bonds is 5. The first kappa shape index (κ1) is 21.4. The Kier molecular flexibility index (Phi) is 5.88. The van der Waals surface area contributed by atoms with E-state index in [0.29, 0.717) is 6.42 Å². The van der Waals surface area contributed by atoms with Crippen molar-refractivity contribution in [3.05, 3.63) is 70.8 Å². The first-order valence-electron chi connectivity index (χ1n) is 9.76. The van der Waals surface area contributed by atoms with Crippen LogP contribution in [-0.4, -0.2) is 35.3 Å². The van der Waals surface area contributed by atoms with Crippen molar-refractivity contribution < 1.29 is 18.4 Å². The van der Waals surface area contributed by atoms with Gasteiger partial charge in [-0.15, -0.1) is 0 Å². The van der Waals surface area contributed by atoms with Gasteiger partial charge in [-0.05, 0) is 36.2 Å². The lowest BCUT2D eigenvalue weighted by molar-refractivity contribution is -0.156. The van der Waals surface area contributed by atoms with Gasteiger partial charge in [-0.2, -0.15) is 5.26 Å². The van der Waals surface area contributed by atoms with Crippen LogP contribution in [0.5, 0.6) is 0 Å². The monoisotopic (exact) mass is 411 g/mol. The zero-order valence-electron chi connectivity index (χ0n) is 17.1. The van der Waals surface area contributed by atoms with Crippen LogP contribution in [0.2, 0.25) is 0 Å². The second kappa shape index (κ2) is 8.23. The van der Waals surface area contributed by atoms with E-state index in [1.165, 1.54) is 35.2 Å². The van der Waals surface area contributed by atoms with E-state index < -0.39 is 23.3 Å². The lowest BCUT2D eigenvalue weighted by Crippen LogP contribution is -2.71. The molecule has 0 aliphatic carbocycles. The summed E-state index contributed by atoms with van der Waals surface area (Å²) in [6, 6.07) is 10.9. The maximum absolute atomic E-state index is 14.5. The standard InChI is InChI=1S/C23H23F2N3O2/c1-4-23(12-15-8-10-17(24)11-9-15)22(30)27-20(21(29)28(23)3)14(2)19-16(13-26)6-5-7-18(19)25/h5-11,14,20H,4,12H2,1-3H3,(H,27,30). The molecule has 0 spiro atoms.